The molecule has 71 heavy (non-hydrogen) atoms. The zero-order valence-corrected chi connectivity index (χ0v) is 41.4. The lowest BCUT2D eigenvalue weighted by atomic mass is 9.44. The van der Waals surface area contributed by atoms with Crippen molar-refractivity contribution in [3.05, 3.63) is 0 Å². The van der Waals surface area contributed by atoms with E-state index in [4.69, 9.17) is 37.9 Å². The average molecular weight is 1020 g/mol. The van der Waals surface area contributed by atoms with Gasteiger partial charge in [0.2, 0.25) is 0 Å². The van der Waals surface area contributed by atoms with Gasteiger partial charge in [-0.15, -0.1) is 0 Å². The van der Waals surface area contributed by atoms with E-state index in [1.165, 1.54) is 45.1 Å². The second kappa shape index (κ2) is 20.8. The molecule has 10 fully saturated rings. The lowest BCUT2D eigenvalue weighted by Gasteiger charge is -2.61. The van der Waals surface area contributed by atoms with E-state index >= 15 is 0 Å². The molecule has 6 heterocycles. The molecule has 1 unspecified atom stereocenters. The highest BCUT2D eigenvalue weighted by atomic mass is 16.8. The molecule has 0 radical (unpaired) electrons. The van der Waals surface area contributed by atoms with Crippen molar-refractivity contribution in [2.45, 2.75) is 227 Å². The Labute approximate surface area is 415 Å². The summed E-state index contributed by atoms with van der Waals surface area (Å²) in [5.74, 6) is 4.74. The molecule has 0 aromatic rings. The summed E-state index contributed by atoms with van der Waals surface area (Å²) in [7, 11) is 0. The molecule has 408 valence electrons. The molecule has 0 aromatic heterocycles. The molecule has 4 aliphatic carbocycles. The van der Waals surface area contributed by atoms with Crippen LogP contribution in [0.1, 0.15) is 91.9 Å². The molecule has 6 saturated heterocycles. The second-order valence-corrected chi connectivity index (χ2v) is 24.1. The van der Waals surface area contributed by atoms with Crippen molar-refractivity contribution >= 4 is 0 Å². The average Bonchev–Trinajstić information content (AvgIpc) is 3.82. The van der Waals surface area contributed by atoms with E-state index in [0.29, 0.717) is 29.2 Å². The number of ether oxygens (including phenoxy) is 8. The lowest BCUT2D eigenvalue weighted by molar-refractivity contribution is -0.391. The van der Waals surface area contributed by atoms with E-state index in [0.717, 1.165) is 55.4 Å². The molecule has 10 aliphatic rings. The molecule has 31 atom stereocenters. The van der Waals surface area contributed by atoms with Crippen LogP contribution in [0.5, 0.6) is 0 Å². The summed E-state index contributed by atoms with van der Waals surface area (Å²) in [6, 6.07) is 1.44. The summed E-state index contributed by atoms with van der Waals surface area (Å²) in [6.45, 7) is 8.66. The number of fused-ring (bicyclic) bond motifs is 9. The minimum atomic E-state index is -1.96. The molecule has 10 rings (SSSR count). The largest absolute Gasteiger partial charge is 0.394 e. The molecular formula is C50H83NO20. The van der Waals surface area contributed by atoms with Crippen molar-refractivity contribution in [1.82, 2.24) is 4.90 Å². The predicted octanol–water partition coefficient (Wildman–Crippen LogP) is -2.33. The van der Waals surface area contributed by atoms with Gasteiger partial charge in [0.05, 0.1) is 32.5 Å². The molecule has 12 N–H and O–H groups in total. The monoisotopic (exact) mass is 1020 g/mol. The van der Waals surface area contributed by atoms with Gasteiger partial charge in [0, 0.05) is 18.6 Å². The first-order valence-corrected chi connectivity index (χ1v) is 26.7. The smallest absolute Gasteiger partial charge is 0.187 e. The van der Waals surface area contributed by atoms with Gasteiger partial charge in [-0.1, -0.05) is 27.7 Å². The van der Waals surface area contributed by atoms with Crippen molar-refractivity contribution in [3.8, 4) is 0 Å². The number of hydrogen-bond donors (Lipinski definition) is 12. The number of rotatable bonds is 11. The van der Waals surface area contributed by atoms with E-state index in [-0.39, 0.29) is 11.5 Å². The van der Waals surface area contributed by atoms with Gasteiger partial charge in [0.25, 0.3) is 0 Å². The Morgan fingerprint density at radius 2 is 1.17 bits per heavy atom. The van der Waals surface area contributed by atoms with Gasteiger partial charge in [-0.05, 0) is 116 Å². The molecule has 0 bridgehead atoms. The fourth-order valence-electron chi connectivity index (χ4n) is 16.5. The summed E-state index contributed by atoms with van der Waals surface area (Å²) >= 11 is 0. The van der Waals surface area contributed by atoms with Gasteiger partial charge in [0.1, 0.15) is 91.6 Å². The molecule has 21 nitrogen and oxygen atoms in total. The first kappa shape index (κ1) is 53.6. The third-order valence-electron chi connectivity index (χ3n) is 20.3. The minimum Gasteiger partial charge on any atom is -0.394 e. The van der Waals surface area contributed by atoms with Crippen molar-refractivity contribution in [3.63, 3.8) is 0 Å². The molecular weight excluding hydrogens is 935 g/mol. The van der Waals surface area contributed by atoms with Crippen LogP contribution in [0.15, 0.2) is 0 Å². The molecule has 4 saturated carbocycles. The maximum Gasteiger partial charge on any atom is 0.187 e. The van der Waals surface area contributed by atoms with Gasteiger partial charge in [-0.25, -0.2) is 0 Å². The Balaban J connectivity index is 0.811. The highest BCUT2D eigenvalue weighted by Crippen LogP contribution is 2.71. The third-order valence-corrected chi connectivity index (χ3v) is 20.3. The van der Waals surface area contributed by atoms with Gasteiger partial charge in [-0.2, -0.15) is 0 Å². The zero-order chi connectivity index (χ0) is 50.6. The Hall–Kier alpha value is -0.840. The highest BCUT2D eigenvalue weighted by molar-refractivity contribution is 5.17. The molecule has 6 aliphatic heterocycles. The summed E-state index contributed by atoms with van der Waals surface area (Å²) in [5, 5.41) is 129. The van der Waals surface area contributed by atoms with Gasteiger partial charge < -0.3 is 99.2 Å². The van der Waals surface area contributed by atoms with E-state index in [1.54, 1.807) is 0 Å². The Morgan fingerprint density at radius 3 is 1.89 bits per heavy atom. The number of nitrogens with zero attached hydrogens (tertiary/aromatic N) is 1. The Bertz CT molecular complexity index is 1810. The van der Waals surface area contributed by atoms with Gasteiger partial charge in [0.15, 0.2) is 25.2 Å². The fourth-order valence-corrected chi connectivity index (χ4v) is 16.5. The first-order valence-electron chi connectivity index (χ1n) is 26.7. The maximum atomic E-state index is 11.5. The second-order valence-electron chi connectivity index (χ2n) is 24.1. The Morgan fingerprint density at radius 1 is 0.549 bits per heavy atom. The van der Waals surface area contributed by atoms with Crippen molar-refractivity contribution in [2.75, 3.05) is 33.0 Å². The van der Waals surface area contributed by atoms with Crippen LogP contribution in [0.3, 0.4) is 0 Å². The van der Waals surface area contributed by atoms with Gasteiger partial charge >= 0.3 is 0 Å². The maximum absolute atomic E-state index is 11.5. The summed E-state index contributed by atoms with van der Waals surface area (Å²) in [4.78, 5) is 2.94. The lowest BCUT2D eigenvalue weighted by Crippen LogP contribution is -2.67. The summed E-state index contributed by atoms with van der Waals surface area (Å²) in [5.41, 5.74) is 0.517. The molecule has 0 spiro atoms. The third kappa shape index (κ3) is 9.30. The Kier molecular flexibility index (Phi) is 15.7. The number of piperidine rings is 1. The van der Waals surface area contributed by atoms with Crippen LogP contribution < -0.4 is 0 Å². The molecule has 0 aromatic carbocycles. The molecule has 21 heteroatoms. The first-order chi connectivity index (χ1) is 33.8. The van der Waals surface area contributed by atoms with Crippen LogP contribution in [0.2, 0.25) is 0 Å². The van der Waals surface area contributed by atoms with E-state index in [9.17, 15) is 61.3 Å². The predicted molar refractivity (Wildman–Crippen MR) is 243 cm³/mol. The molecule has 0 amide bonds. The topological polar surface area (TPSA) is 320 Å². The van der Waals surface area contributed by atoms with Crippen LogP contribution in [0, 0.1) is 52.3 Å². The normalized spacial score (nSPS) is 57.5. The van der Waals surface area contributed by atoms with Crippen molar-refractivity contribution in [1.29, 1.82) is 0 Å². The zero-order valence-electron chi connectivity index (χ0n) is 41.4. The van der Waals surface area contributed by atoms with Crippen molar-refractivity contribution in [2.24, 2.45) is 52.3 Å². The van der Waals surface area contributed by atoms with Crippen molar-refractivity contribution < 1.29 is 99.2 Å². The van der Waals surface area contributed by atoms with Gasteiger partial charge in [-0.3, -0.25) is 4.90 Å². The van der Waals surface area contributed by atoms with Crippen LogP contribution in [0.4, 0.5) is 0 Å². The van der Waals surface area contributed by atoms with Crippen LogP contribution >= 0.6 is 0 Å². The SMILES string of the molecule is CC1[C@@H]2CC[C@H](C)CN2[C@H]2C[C@H]3[C@@H]4CC[C@H]5C[C@@H](O[C@@H]6O[C@H](CO[C@@H]7O[C@H](CO)[C@@H](O)[C@H](O[C@@H]8OC[C@@H](O)[C@H](O)[C@H]8O)[C@H]7O[C@@H]7O[C@H](CO)[C@@H](O)[C@H](O)[C@H]7O)[C@@H](O)[C@H](O)[C@H]6O)CC[C@]5(C)[C@H]4CC[C@]3(C)[C@@H]12. The fraction of sp³-hybridized carbons (Fsp3) is 1.00. The van der Waals surface area contributed by atoms with Crippen LogP contribution in [-0.4, -0.2) is 234 Å². The van der Waals surface area contributed by atoms with E-state index in [1.807, 2.05) is 0 Å². The van der Waals surface area contributed by atoms with Crippen LogP contribution in [0.25, 0.3) is 0 Å². The van der Waals surface area contributed by atoms with Crippen LogP contribution in [-0.2, 0) is 37.9 Å². The number of aliphatic hydroxyl groups excluding tert-OH is 12. The summed E-state index contributed by atoms with van der Waals surface area (Å²) < 4.78 is 47.8. The van der Waals surface area contributed by atoms with E-state index in [2.05, 4.69) is 32.6 Å². The minimum absolute atomic E-state index is 0.145. The van der Waals surface area contributed by atoms with E-state index < -0.39 is 143 Å². The number of hydrogen-bond acceptors (Lipinski definition) is 21. The quantitative estimate of drug-likeness (QED) is 0.0966. The summed E-state index contributed by atoms with van der Waals surface area (Å²) in [6.07, 6.45) is -21.0. The number of aliphatic hydroxyl groups is 12. The standard InChI is InChI=1S/C50H83NO20/c1-20-5-8-27-21(2)33-28(51(27)15-20)14-26-24-7-6-22-13-23(9-11-49(22,3)25(24)10-12-50(26,33)4)66-46-41(62)39(60)36(57)32(69-46)19-65-48-44(71-47-42(63)38(59)35(56)30(16-52)67-47)43(37(58)31(17-53)68-48)70-45-40(61)34(55)29(54)18-64-45/h20-48,52-63H,5-19H2,1-4H3/t20-,21?,22-,23-,24+,25-,26-,27-,28-,29+,30+,31+,32+,33-,34-,35+,36+,37+,38-,39-,40+,41+,42+,43-,44+,45-,46+,47-,48+,49-,50-/m0/s1. The highest BCUT2D eigenvalue weighted by Gasteiger charge is 2.67.